The molecule has 0 radical (unpaired) electrons. The number of rotatable bonds is 4. The van der Waals surface area contributed by atoms with Gasteiger partial charge in [-0.2, -0.15) is 0 Å². The number of carbonyl (C=O) groups excluding carboxylic acids is 2. The number of amides is 2. The summed E-state index contributed by atoms with van der Waals surface area (Å²) in [6.07, 6.45) is 0.264. The van der Waals surface area contributed by atoms with Crippen molar-refractivity contribution < 1.29 is 19.5 Å². The summed E-state index contributed by atoms with van der Waals surface area (Å²) >= 11 is 5.94. The summed E-state index contributed by atoms with van der Waals surface area (Å²) in [5.41, 5.74) is -0.705. The van der Waals surface area contributed by atoms with Gasteiger partial charge in [0.05, 0.1) is 11.8 Å². The maximum Gasteiger partial charge on any atom is 0.324 e. The predicted molar refractivity (Wildman–Crippen MR) is 91.9 cm³/mol. The molecular weight excluding hydrogens is 344 g/mol. The van der Waals surface area contributed by atoms with Crippen molar-refractivity contribution in [1.29, 1.82) is 0 Å². The number of nitrogens with one attached hydrogen (secondary N) is 1. The fourth-order valence-corrected chi connectivity index (χ4v) is 4.35. The number of carboxylic acids is 1. The minimum absolute atomic E-state index is 0.0435. The van der Waals surface area contributed by atoms with Crippen LogP contribution in [0.4, 0.5) is 0 Å². The van der Waals surface area contributed by atoms with E-state index in [-0.39, 0.29) is 18.2 Å². The average Bonchev–Trinajstić information content (AvgIpc) is 2.99. The van der Waals surface area contributed by atoms with Gasteiger partial charge in [-0.25, -0.2) is 0 Å². The highest BCUT2D eigenvalue weighted by Crippen LogP contribution is 2.50. The van der Waals surface area contributed by atoms with Gasteiger partial charge in [0.1, 0.15) is 5.54 Å². The summed E-state index contributed by atoms with van der Waals surface area (Å²) in [4.78, 5) is 38.7. The molecule has 1 aromatic carbocycles. The number of nitrogens with zero attached hydrogens (tertiary/aromatic N) is 1. The average molecular weight is 365 g/mol. The molecule has 0 aromatic heterocycles. The van der Waals surface area contributed by atoms with Crippen LogP contribution in [0.15, 0.2) is 24.3 Å². The molecule has 0 bridgehead atoms. The molecular formula is C18H21ClN2O4. The van der Waals surface area contributed by atoms with Gasteiger partial charge < -0.3 is 5.11 Å². The molecule has 0 aliphatic carbocycles. The lowest BCUT2D eigenvalue weighted by atomic mass is 9.75. The Bertz CT molecular complexity index is 733. The van der Waals surface area contributed by atoms with Crippen LogP contribution in [0.5, 0.6) is 0 Å². The number of hydrogen-bond donors (Lipinski definition) is 2. The zero-order valence-electron chi connectivity index (χ0n) is 14.3. The van der Waals surface area contributed by atoms with Crippen molar-refractivity contribution >= 4 is 29.4 Å². The Balaban J connectivity index is 2.13. The van der Waals surface area contributed by atoms with Gasteiger partial charge in [0.2, 0.25) is 11.8 Å². The Morgan fingerprint density at radius 3 is 2.40 bits per heavy atom. The predicted octanol–water partition coefficient (Wildman–Crippen LogP) is 2.08. The van der Waals surface area contributed by atoms with E-state index in [1.54, 1.807) is 24.3 Å². The van der Waals surface area contributed by atoms with Crippen molar-refractivity contribution in [1.82, 2.24) is 10.2 Å². The van der Waals surface area contributed by atoms with Gasteiger partial charge in [0, 0.05) is 18.1 Å². The van der Waals surface area contributed by atoms with Gasteiger partial charge >= 0.3 is 5.97 Å². The first kappa shape index (κ1) is 17.9. The van der Waals surface area contributed by atoms with Gasteiger partial charge in [0.15, 0.2) is 0 Å². The molecule has 134 valence electrons. The molecule has 4 unspecified atom stereocenters. The lowest BCUT2D eigenvalue weighted by Crippen LogP contribution is -2.56. The van der Waals surface area contributed by atoms with E-state index in [9.17, 15) is 19.5 Å². The quantitative estimate of drug-likeness (QED) is 0.799. The normalized spacial score (nSPS) is 31.7. The highest BCUT2D eigenvalue weighted by molar-refractivity contribution is 6.30. The van der Waals surface area contributed by atoms with Crippen molar-refractivity contribution in [3.8, 4) is 0 Å². The van der Waals surface area contributed by atoms with Crippen molar-refractivity contribution in [3.05, 3.63) is 34.9 Å². The Morgan fingerprint density at radius 1 is 1.28 bits per heavy atom. The van der Waals surface area contributed by atoms with Crippen molar-refractivity contribution in [3.63, 3.8) is 0 Å². The summed E-state index contributed by atoms with van der Waals surface area (Å²) in [7, 11) is 1.42. The number of fused-ring (bicyclic) bond motifs is 1. The molecule has 2 fully saturated rings. The van der Waals surface area contributed by atoms with E-state index in [1.807, 2.05) is 13.8 Å². The summed E-state index contributed by atoms with van der Waals surface area (Å²) in [5, 5.41) is 13.7. The number of imide groups is 1. The molecule has 25 heavy (non-hydrogen) atoms. The maximum absolute atomic E-state index is 12.7. The number of carbonyl (C=O) groups is 3. The minimum Gasteiger partial charge on any atom is -0.480 e. The Morgan fingerprint density at radius 2 is 1.88 bits per heavy atom. The molecule has 2 saturated heterocycles. The fourth-order valence-electron chi connectivity index (χ4n) is 4.22. The highest BCUT2D eigenvalue weighted by atomic mass is 35.5. The van der Waals surface area contributed by atoms with Gasteiger partial charge in [-0.1, -0.05) is 37.6 Å². The van der Waals surface area contributed by atoms with Gasteiger partial charge in [-0.3, -0.25) is 24.6 Å². The highest BCUT2D eigenvalue weighted by Gasteiger charge is 2.67. The Kier molecular flexibility index (Phi) is 4.37. The summed E-state index contributed by atoms with van der Waals surface area (Å²) in [5.74, 6) is -3.46. The molecule has 2 N–H and O–H groups in total. The second kappa shape index (κ2) is 6.11. The third-order valence-electron chi connectivity index (χ3n) is 5.22. The first-order valence-corrected chi connectivity index (χ1v) is 8.65. The van der Waals surface area contributed by atoms with E-state index in [2.05, 4.69) is 5.32 Å². The smallest absolute Gasteiger partial charge is 0.324 e. The molecule has 0 saturated carbocycles. The van der Waals surface area contributed by atoms with E-state index in [0.29, 0.717) is 5.02 Å². The van der Waals surface area contributed by atoms with Crippen molar-refractivity contribution in [2.75, 3.05) is 7.05 Å². The van der Waals surface area contributed by atoms with E-state index < -0.39 is 35.3 Å². The molecule has 2 aliphatic heterocycles. The van der Waals surface area contributed by atoms with Crippen LogP contribution >= 0.6 is 11.6 Å². The first-order chi connectivity index (χ1) is 11.7. The minimum atomic E-state index is -1.46. The number of likely N-dealkylation sites (tertiary alicyclic amines) is 1. The van der Waals surface area contributed by atoms with Crippen molar-refractivity contribution in [2.24, 2.45) is 17.8 Å². The van der Waals surface area contributed by atoms with Crippen LogP contribution < -0.4 is 5.32 Å². The van der Waals surface area contributed by atoms with E-state index in [1.165, 1.54) is 7.05 Å². The van der Waals surface area contributed by atoms with Crippen LogP contribution in [0.25, 0.3) is 0 Å². The zero-order chi connectivity index (χ0) is 18.5. The number of carboxylic acid groups (broad SMARTS) is 1. The monoisotopic (exact) mass is 364 g/mol. The molecule has 7 heteroatoms. The summed E-state index contributed by atoms with van der Waals surface area (Å²) < 4.78 is 0. The molecule has 0 spiro atoms. The molecule has 6 nitrogen and oxygen atoms in total. The van der Waals surface area contributed by atoms with E-state index >= 15 is 0 Å². The summed E-state index contributed by atoms with van der Waals surface area (Å²) in [6.45, 7) is 3.81. The Labute approximate surface area is 151 Å². The van der Waals surface area contributed by atoms with Crippen LogP contribution in [-0.4, -0.2) is 40.4 Å². The Hall–Kier alpha value is -1.92. The molecule has 1 aromatic rings. The maximum atomic E-state index is 12.7. The van der Waals surface area contributed by atoms with Crippen LogP contribution in [0, 0.1) is 17.8 Å². The molecule has 4 atom stereocenters. The fraction of sp³-hybridized carbons (Fsp3) is 0.500. The van der Waals surface area contributed by atoms with Crippen LogP contribution in [0.2, 0.25) is 5.02 Å². The van der Waals surface area contributed by atoms with Crippen LogP contribution in [0.3, 0.4) is 0 Å². The third kappa shape index (κ3) is 2.64. The zero-order valence-corrected chi connectivity index (χ0v) is 15.1. The van der Waals surface area contributed by atoms with E-state index in [4.69, 9.17) is 11.6 Å². The van der Waals surface area contributed by atoms with Crippen LogP contribution in [0.1, 0.15) is 31.9 Å². The molecule has 2 heterocycles. The number of aliphatic carboxylic acids is 1. The molecule has 2 aliphatic rings. The van der Waals surface area contributed by atoms with Gasteiger partial charge in [-0.05, 0) is 30.0 Å². The van der Waals surface area contributed by atoms with Gasteiger partial charge in [0.25, 0.3) is 0 Å². The van der Waals surface area contributed by atoms with Gasteiger partial charge in [-0.15, -0.1) is 0 Å². The number of benzene rings is 1. The topological polar surface area (TPSA) is 86.7 Å². The molecule has 3 rings (SSSR count). The number of hydrogen-bond acceptors (Lipinski definition) is 4. The molecule has 2 amide bonds. The summed E-state index contributed by atoms with van der Waals surface area (Å²) in [6, 6.07) is 6.38. The van der Waals surface area contributed by atoms with E-state index in [0.717, 1.165) is 10.5 Å². The van der Waals surface area contributed by atoms with Crippen LogP contribution in [-0.2, 0) is 14.4 Å². The standard InChI is InChI=1S/C18H21ClN2O4/c1-9(2)8-18(17(24)25)13-12(15(22)21(3)16(13)23)14(20-18)10-4-6-11(19)7-5-10/h4-7,9,12-14,20H,8H2,1-3H3,(H,24,25). The number of halogens is 1. The third-order valence-corrected chi connectivity index (χ3v) is 5.47. The van der Waals surface area contributed by atoms with Crippen molar-refractivity contribution in [2.45, 2.75) is 31.8 Å². The lowest BCUT2D eigenvalue weighted by molar-refractivity contribution is -0.151. The SMILES string of the molecule is CC(C)CC1(C(=O)O)NC(c2ccc(Cl)cc2)C2C(=O)N(C)C(=O)C21. The second-order valence-corrected chi connectivity index (χ2v) is 7.72. The first-order valence-electron chi connectivity index (χ1n) is 8.27. The lowest BCUT2D eigenvalue weighted by Gasteiger charge is -2.32. The largest absolute Gasteiger partial charge is 0.480 e. The second-order valence-electron chi connectivity index (χ2n) is 7.29.